The van der Waals surface area contributed by atoms with Gasteiger partial charge in [0.05, 0.1) is 6.54 Å². The van der Waals surface area contributed by atoms with Crippen molar-refractivity contribution in [2.75, 3.05) is 19.6 Å². The Morgan fingerprint density at radius 1 is 1.05 bits per heavy atom. The van der Waals surface area contributed by atoms with Gasteiger partial charge in [0.1, 0.15) is 0 Å². The van der Waals surface area contributed by atoms with E-state index in [1.807, 2.05) is 13.8 Å². The molecule has 0 saturated heterocycles. The average Bonchev–Trinajstić information content (AvgIpc) is 2.34. The van der Waals surface area contributed by atoms with Crippen molar-refractivity contribution in [2.45, 2.75) is 53.0 Å². The fourth-order valence-electron chi connectivity index (χ4n) is 1.42. The van der Waals surface area contributed by atoms with Crippen LogP contribution in [0.4, 0.5) is 0 Å². The summed E-state index contributed by atoms with van der Waals surface area (Å²) in [6.45, 7) is 9.78. The molecule has 1 atom stereocenters. The number of carbonyl (C=O) groups excluding carboxylic acids is 2. The van der Waals surface area contributed by atoms with Gasteiger partial charge in [0.15, 0.2) is 0 Å². The van der Waals surface area contributed by atoms with Crippen molar-refractivity contribution in [3.63, 3.8) is 0 Å². The minimum absolute atomic E-state index is 0.0111. The smallest absolute Gasteiger partial charge is 0.233 e. The first kappa shape index (κ1) is 17.9. The molecule has 0 aromatic heterocycles. The standard InChI is InChI=1S/C14H29N3O2/c1-5-12(4)17-13(18)7-8-15-10-14(19)16-9-6-11(2)3/h11-12,15H,5-10H2,1-4H3,(H,16,19)(H,17,18). The molecule has 0 aliphatic rings. The third-order valence-corrected chi connectivity index (χ3v) is 2.88. The lowest BCUT2D eigenvalue weighted by Crippen LogP contribution is -2.37. The van der Waals surface area contributed by atoms with E-state index in [0.717, 1.165) is 12.8 Å². The van der Waals surface area contributed by atoms with E-state index in [-0.39, 0.29) is 24.4 Å². The number of nitrogens with one attached hydrogen (secondary N) is 3. The van der Waals surface area contributed by atoms with Gasteiger partial charge in [-0.1, -0.05) is 20.8 Å². The molecule has 5 nitrogen and oxygen atoms in total. The fourth-order valence-corrected chi connectivity index (χ4v) is 1.42. The van der Waals surface area contributed by atoms with Crippen LogP contribution in [-0.4, -0.2) is 37.5 Å². The Morgan fingerprint density at radius 2 is 1.74 bits per heavy atom. The quantitative estimate of drug-likeness (QED) is 0.520. The van der Waals surface area contributed by atoms with Crippen LogP contribution in [0.5, 0.6) is 0 Å². The molecule has 0 spiro atoms. The van der Waals surface area contributed by atoms with Crippen molar-refractivity contribution in [1.29, 1.82) is 0 Å². The van der Waals surface area contributed by atoms with E-state index in [0.29, 0.717) is 25.4 Å². The Kier molecular flexibility index (Phi) is 10.2. The number of hydrogen-bond acceptors (Lipinski definition) is 3. The first-order chi connectivity index (χ1) is 8.95. The van der Waals surface area contributed by atoms with Gasteiger partial charge in [-0.2, -0.15) is 0 Å². The van der Waals surface area contributed by atoms with E-state index >= 15 is 0 Å². The number of amides is 2. The van der Waals surface area contributed by atoms with E-state index in [1.165, 1.54) is 0 Å². The Morgan fingerprint density at radius 3 is 2.32 bits per heavy atom. The number of hydrogen-bond donors (Lipinski definition) is 3. The molecule has 0 aromatic rings. The van der Waals surface area contributed by atoms with Gasteiger partial charge in [-0.05, 0) is 25.7 Å². The van der Waals surface area contributed by atoms with Crippen molar-refractivity contribution in [2.24, 2.45) is 5.92 Å². The minimum Gasteiger partial charge on any atom is -0.355 e. The highest BCUT2D eigenvalue weighted by Crippen LogP contribution is 1.95. The van der Waals surface area contributed by atoms with Crippen LogP contribution in [0.1, 0.15) is 47.0 Å². The zero-order valence-electron chi connectivity index (χ0n) is 12.7. The monoisotopic (exact) mass is 271 g/mol. The second kappa shape index (κ2) is 10.8. The van der Waals surface area contributed by atoms with E-state index in [2.05, 4.69) is 29.8 Å². The number of rotatable bonds is 10. The highest BCUT2D eigenvalue weighted by atomic mass is 16.2. The molecule has 19 heavy (non-hydrogen) atoms. The van der Waals surface area contributed by atoms with Crippen LogP contribution >= 0.6 is 0 Å². The molecule has 0 rings (SSSR count). The Labute approximate surface area is 116 Å². The molecule has 0 aliphatic carbocycles. The summed E-state index contributed by atoms with van der Waals surface area (Å²) in [4.78, 5) is 22.9. The molecule has 5 heteroatoms. The van der Waals surface area contributed by atoms with E-state index < -0.39 is 0 Å². The van der Waals surface area contributed by atoms with Crippen LogP contribution in [0.2, 0.25) is 0 Å². The van der Waals surface area contributed by atoms with Gasteiger partial charge < -0.3 is 16.0 Å². The molecular formula is C14H29N3O2. The first-order valence-electron chi connectivity index (χ1n) is 7.22. The van der Waals surface area contributed by atoms with Crippen LogP contribution in [0.15, 0.2) is 0 Å². The lowest BCUT2D eigenvalue weighted by Gasteiger charge is -2.11. The molecular weight excluding hydrogens is 242 g/mol. The van der Waals surface area contributed by atoms with Crippen LogP contribution in [-0.2, 0) is 9.59 Å². The van der Waals surface area contributed by atoms with Gasteiger partial charge in [0, 0.05) is 25.6 Å². The van der Waals surface area contributed by atoms with Gasteiger partial charge in [0.25, 0.3) is 0 Å². The summed E-state index contributed by atoms with van der Waals surface area (Å²) in [6, 6.07) is 0.215. The van der Waals surface area contributed by atoms with E-state index in [9.17, 15) is 9.59 Å². The molecule has 2 amide bonds. The molecule has 1 unspecified atom stereocenters. The lowest BCUT2D eigenvalue weighted by molar-refractivity contribution is -0.122. The Balaban J connectivity index is 3.47. The fraction of sp³-hybridized carbons (Fsp3) is 0.857. The highest BCUT2D eigenvalue weighted by molar-refractivity contribution is 5.78. The molecule has 0 aliphatic heterocycles. The summed E-state index contributed by atoms with van der Waals surface area (Å²) in [6.07, 6.45) is 2.32. The van der Waals surface area contributed by atoms with Crippen molar-refractivity contribution in [3.05, 3.63) is 0 Å². The second-order valence-electron chi connectivity index (χ2n) is 5.34. The van der Waals surface area contributed by atoms with Crippen LogP contribution < -0.4 is 16.0 Å². The summed E-state index contributed by atoms with van der Waals surface area (Å²) < 4.78 is 0. The van der Waals surface area contributed by atoms with Gasteiger partial charge in [-0.25, -0.2) is 0 Å². The van der Waals surface area contributed by atoms with Gasteiger partial charge in [0.2, 0.25) is 11.8 Å². The Hall–Kier alpha value is -1.10. The molecule has 0 bridgehead atoms. The maximum atomic E-state index is 11.5. The second-order valence-corrected chi connectivity index (χ2v) is 5.34. The zero-order valence-corrected chi connectivity index (χ0v) is 12.7. The molecule has 0 saturated carbocycles. The van der Waals surface area contributed by atoms with E-state index in [1.54, 1.807) is 0 Å². The summed E-state index contributed by atoms with van der Waals surface area (Å²) in [5, 5.41) is 8.70. The van der Waals surface area contributed by atoms with Crippen LogP contribution in [0.3, 0.4) is 0 Å². The summed E-state index contributed by atoms with van der Waals surface area (Å²) in [5.74, 6) is 0.613. The summed E-state index contributed by atoms with van der Waals surface area (Å²) >= 11 is 0. The predicted octanol–water partition coefficient (Wildman–Crippen LogP) is 1.04. The molecule has 0 radical (unpaired) electrons. The highest BCUT2D eigenvalue weighted by Gasteiger charge is 2.05. The van der Waals surface area contributed by atoms with Crippen LogP contribution in [0, 0.1) is 5.92 Å². The molecule has 0 aromatic carbocycles. The molecule has 112 valence electrons. The maximum absolute atomic E-state index is 11.5. The normalized spacial score (nSPS) is 12.3. The molecule has 0 fully saturated rings. The predicted molar refractivity (Wildman–Crippen MR) is 77.8 cm³/mol. The summed E-state index contributed by atoms with van der Waals surface area (Å²) in [5.41, 5.74) is 0. The zero-order chi connectivity index (χ0) is 14.7. The van der Waals surface area contributed by atoms with Gasteiger partial charge in [-0.15, -0.1) is 0 Å². The first-order valence-corrected chi connectivity index (χ1v) is 7.22. The third kappa shape index (κ3) is 11.7. The summed E-state index contributed by atoms with van der Waals surface area (Å²) in [7, 11) is 0. The minimum atomic E-state index is -0.0111. The van der Waals surface area contributed by atoms with Crippen molar-refractivity contribution < 1.29 is 9.59 Å². The maximum Gasteiger partial charge on any atom is 0.233 e. The van der Waals surface area contributed by atoms with E-state index in [4.69, 9.17) is 0 Å². The van der Waals surface area contributed by atoms with Crippen molar-refractivity contribution in [1.82, 2.24) is 16.0 Å². The SMILES string of the molecule is CCC(C)NC(=O)CCNCC(=O)NCCC(C)C. The topological polar surface area (TPSA) is 70.2 Å². The van der Waals surface area contributed by atoms with Gasteiger partial charge in [-0.3, -0.25) is 9.59 Å². The third-order valence-electron chi connectivity index (χ3n) is 2.88. The van der Waals surface area contributed by atoms with Crippen molar-refractivity contribution >= 4 is 11.8 Å². The average molecular weight is 271 g/mol. The number of carbonyl (C=O) groups is 2. The Bertz CT molecular complexity index is 267. The molecule has 3 N–H and O–H groups in total. The van der Waals surface area contributed by atoms with Crippen LogP contribution in [0.25, 0.3) is 0 Å². The lowest BCUT2D eigenvalue weighted by atomic mass is 10.1. The largest absolute Gasteiger partial charge is 0.355 e. The van der Waals surface area contributed by atoms with Crippen molar-refractivity contribution in [3.8, 4) is 0 Å². The molecule has 0 heterocycles. The van der Waals surface area contributed by atoms with Gasteiger partial charge >= 0.3 is 0 Å².